The van der Waals surface area contributed by atoms with Gasteiger partial charge in [-0.1, -0.05) is 33.1 Å². The number of non-ortho nitro benzene ring substituents is 1. The molecule has 1 aromatic carbocycles. The van der Waals surface area contributed by atoms with Gasteiger partial charge in [-0.15, -0.1) is 0 Å². The zero-order valence-electron chi connectivity index (χ0n) is 15.1. The van der Waals surface area contributed by atoms with Crippen molar-refractivity contribution in [2.45, 2.75) is 52.1 Å². The van der Waals surface area contributed by atoms with E-state index in [-0.39, 0.29) is 17.9 Å². The highest BCUT2D eigenvalue weighted by molar-refractivity contribution is 6.03. The lowest BCUT2D eigenvalue weighted by Gasteiger charge is -2.33. The summed E-state index contributed by atoms with van der Waals surface area (Å²) >= 11 is 0. The fraction of sp³-hybridized carbons (Fsp3) is 0.556. The highest BCUT2D eigenvalue weighted by Crippen LogP contribution is 2.37. The molecule has 0 fully saturated rings. The van der Waals surface area contributed by atoms with E-state index in [1.165, 1.54) is 23.1 Å². The van der Waals surface area contributed by atoms with Crippen LogP contribution in [0.5, 0.6) is 5.75 Å². The van der Waals surface area contributed by atoms with E-state index in [0.717, 1.165) is 25.7 Å². The third-order valence-corrected chi connectivity index (χ3v) is 4.17. The van der Waals surface area contributed by atoms with Crippen LogP contribution < -0.4 is 9.64 Å². The molecule has 1 aromatic rings. The van der Waals surface area contributed by atoms with Crippen molar-refractivity contribution in [3.8, 4) is 5.75 Å². The third kappa shape index (κ3) is 4.71. The van der Waals surface area contributed by atoms with Crippen molar-refractivity contribution in [3.63, 3.8) is 0 Å². The van der Waals surface area contributed by atoms with Gasteiger partial charge in [0.05, 0.1) is 17.2 Å². The SMILES string of the molecule is CCCCCCOC(=O)CN1C(=O)C(CC)Oc2ccc([N+](=O)[O-])cc21. The average molecular weight is 364 g/mol. The summed E-state index contributed by atoms with van der Waals surface area (Å²) < 4.78 is 10.8. The predicted molar refractivity (Wildman–Crippen MR) is 95.3 cm³/mol. The lowest BCUT2D eigenvalue weighted by molar-refractivity contribution is -0.384. The molecule has 8 nitrogen and oxygen atoms in total. The summed E-state index contributed by atoms with van der Waals surface area (Å²) in [5.41, 5.74) is 0.0462. The molecule has 0 radical (unpaired) electrons. The summed E-state index contributed by atoms with van der Waals surface area (Å²) in [5, 5.41) is 11.0. The van der Waals surface area contributed by atoms with E-state index in [1.807, 2.05) is 0 Å². The van der Waals surface area contributed by atoms with Gasteiger partial charge < -0.3 is 9.47 Å². The summed E-state index contributed by atoms with van der Waals surface area (Å²) in [5.74, 6) is -0.592. The summed E-state index contributed by atoms with van der Waals surface area (Å²) in [6.07, 6.45) is 3.63. The van der Waals surface area contributed by atoms with Crippen molar-refractivity contribution in [2.75, 3.05) is 18.1 Å². The number of hydrogen-bond donors (Lipinski definition) is 0. The first-order valence-corrected chi connectivity index (χ1v) is 8.90. The molecule has 0 N–H and O–H groups in total. The molecule has 1 aliphatic heterocycles. The van der Waals surface area contributed by atoms with E-state index in [9.17, 15) is 19.7 Å². The van der Waals surface area contributed by atoms with Crippen LogP contribution >= 0.6 is 0 Å². The maximum atomic E-state index is 12.6. The summed E-state index contributed by atoms with van der Waals surface area (Å²) in [4.78, 5) is 36.4. The van der Waals surface area contributed by atoms with Crippen molar-refractivity contribution in [2.24, 2.45) is 0 Å². The first-order chi connectivity index (χ1) is 12.5. The number of anilines is 1. The van der Waals surface area contributed by atoms with Crippen molar-refractivity contribution < 1.29 is 24.0 Å². The number of nitro groups is 1. The molecule has 26 heavy (non-hydrogen) atoms. The van der Waals surface area contributed by atoms with E-state index in [2.05, 4.69) is 6.92 Å². The maximum absolute atomic E-state index is 12.6. The Bertz CT molecular complexity index is 676. The molecule has 0 aliphatic carbocycles. The van der Waals surface area contributed by atoms with E-state index in [0.29, 0.717) is 18.8 Å². The molecule has 0 saturated heterocycles. The number of carbonyl (C=O) groups is 2. The second-order valence-corrected chi connectivity index (χ2v) is 6.13. The van der Waals surface area contributed by atoms with Gasteiger partial charge in [-0.25, -0.2) is 0 Å². The van der Waals surface area contributed by atoms with Gasteiger partial charge in [0.25, 0.3) is 11.6 Å². The van der Waals surface area contributed by atoms with Crippen molar-refractivity contribution in [3.05, 3.63) is 28.3 Å². The van der Waals surface area contributed by atoms with E-state index in [4.69, 9.17) is 9.47 Å². The molecule has 0 spiro atoms. The highest BCUT2D eigenvalue weighted by Gasteiger charge is 2.35. The van der Waals surface area contributed by atoms with E-state index >= 15 is 0 Å². The molecule has 0 aromatic heterocycles. The number of esters is 1. The van der Waals surface area contributed by atoms with Gasteiger partial charge in [0.15, 0.2) is 6.10 Å². The molecule has 1 aliphatic rings. The van der Waals surface area contributed by atoms with Crippen LogP contribution in [0.1, 0.15) is 46.0 Å². The Morgan fingerprint density at radius 1 is 1.31 bits per heavy atom. The number of carbonyl (C=O) groups excluding carboxylic acids is 2. The number of unbranched alkanes of at least 4 members (excludes halogenated alkanes) is 3. The Hall–Kier alpha value is -2.64. The Morgan fingerprint density at radius 3 is 2.73 bits per heavy atom. The van der Waals surface area contributed by atoms with E-state index < -0.39 is 22.9 Å². The monoisotopic (exact) mass is 364 g/mol. The summed E-state index contributed by atoms with van der Waals surface area (Å²) in [7, 11) is 0. The van der Waals surface area contributed by atoms with Crippen LogP contribution in [0.4, 0.5) is 11.4 Å². The Morgan fingerprint density at radius 2 is 2.08 bits per heavy atom. The van der Waals surface area contributed by atoms with Crippen LogP contribution in [0.15, 0.2) is 18.2 Å². The van der Waals surface area contributed by atoms with Crippen LogP contribution in [0, 0.1) is 10.1 Å². The van der Waals surface area contributed by atoms with Gasteiger partial charge in [0, 0.05) is 12.1 Å². The predicted octanol–water partition coefficient (Wildman–Crippen LogP) is 3.22. The summed E-state index contributed by atoms with van der Waals surface area (Å²) in [6, 6.07) is 4.00. The van der Waals surface area contributed by atoms with Gasteiger partial charge in [-0.05, 0) is 18.9 Å². The first kappa shape index (κ1) is 19.7. The minimum Gasteiger partial charge on any atom is -0.478 e. The quantitative estimate of drug-likeness (QED) is 0.289. The average Bonchev–Trinajstić information content (AvgIpc) is 2.63. The molecule has 1 unspecified atom stereocenters. The molecular weight excluding hydrogens is 340 g/mol. The number of amides is 1. The number of fused-ring (bicyclic) bond motifs is 1. The lowest BCUT2D eigenvalue weighted by Crippen LogP contribution is -2.48. The first-order valence-electron chi connectivity index (χ1n) is 8.90. The molecule has 2 rings (SSSR count). The number of rotatable bonds is 9. The fourth-order valence-corrected chi connectivity index (χ4v) is 2.74. The molecule has 0 saturated carbocycles. The third-order valence-electron chi connectivity index (χ3n) is 4.17. The van der Waals surface area contributed by atoms with Gasteiger partial charge in [-0.3, -0.25) is 24.6 Å². The molecular formula is C18H24N2O6. The minimum atomic E-state index is -0.721. The van der Waals surface area contributed by atoms with E-state index in [1.54, 1.807) is 6.92 Å². The molecule has 0 bridgehead atoms. The number of ether oxygens (including phenoxy) is 2. The molecule has 1 amide bonds. The van der Waals surface area contributed by atoms with Gasteiger partial charge >= 0.3 is 5.97 Å². The fourth-order valence-electron chi connectivity index (χ4n) is 2.74. The molecule has 1 atom stereocenters. The Balaban J connectivity index is 2.12. The zero-order valence-corrected chi connectivity index (χ0v) is 15.1. The van der Waals surface area contributed by atoms with Crippen LogP contribution in [0.3, 0.4) is 0 Å². The molecule has 142 valence electrons. The topological polar surface area (TPSA) is 99.0 Å². The summed E-state index contributed by atoms with van der Waals surface area (Å²) in [6.45, 7) is 3.90. The zero-order chi connectivity index (χ0) is 19.1. The van der Waals surface area contributed by atoms with Crippen molar-refractivity contribution in [1.82, 2.24) is 0 Å². The lowest BCUT2D eigenvalue weighted by atomic mass is 10.1. The molecule has 1 heterocycles. The Labute approximate surface area is 152 Å². The normalized spacial score (nSPS) is 16.0. The van der Waals surface area contributed by atoms with Gasteiger partial charge in [0.2, 0.25) is 0 Å². The highest BCUT2D eigenvalue weighted by atomic mass is 16.6. The maximum Gasteiger partial charge on any atom is 0.326 e. The minimum absolute atomic E-state index is 0.173. The van der Waals surface area contributed by atoms with Crippen molar-refractivity contribution in [1.29, 1.82) is 0 Å². The van der Waals surface area contributed by atoms with Crippen LogP contribution in [0.25, 0.3) is 0 Å². The largest absolute Gasteiger partial charge is 0.478 e. The van der Waals surface area contributed by atoms with Crippen LogP contribution in [0.2, 0.25) is 0 Å². The number of hydrogen-bond acceptors (Lipinski definition) is 6. The van der Waals surface area contributed by atoms with Crippen molar-refractivity contribution >= 4 is 23.3 Å². The molecule has 8 heteroatoms. The van der Waals surface area contributed by atoms with Crippen LogP contribution in [-0.2, 0) is 14.3 Å². The second-order valence-electron chi connectivity index (χ2n) is 6.13. The number of benzene rings is 1. The number of nitro benzene ring substituents is 1. The van der Waals surface area contributed by atoms with Crippen LogP contribution in [-0.4, -0.2) is 36.1 Å². The van der Waals surface area contributed by atoms with Gasteiger partial charge in [-0.2, -0.15) is 0 Å². The standard InChI is InChI=1S/C18H24N2O6/c1-3-5-6-7-10-25-17(21)12-19-14-11-13(20(23)24)8-9-16(14)26-15(4-2)18(19)22/h8-9,11,15H,3-7,10,12H2,1-2H3. The number of nitrogens with zero attached hydrogens (tertiary/aromatic N) is 2. The Kier molecular flexibility index (Phi) is 6.94. The smallest absolute Gasteiger partial charge is 0.326 e. The van der Waals surface area contributed by atoms with Gasteiger partial charge in [0.1, 0.15) is 12.3 Å². The second kappa shape index (κ2) is 9.17.